The average Bonchev–Trinajstić information content (AvgIpc) is 2.82. The van der Waals surface area contributed by atoms with Crippen LogP contribution in [0.3, 0.4) is 0 Å². The van der Waals surface area contributed by atoms with Crippen LogP contribution in [0.2, 0.25) is 0 Å². The smallest absolute Gasteiger partial charge is 0.309 e. The second-order valence-electron chi connectivity index (χ2n) is 12.6. The fourth-order valence-electron chi connectivity index (χ4n) is 4.88. The fraction of sp³-hybridized carbons (Fsp3) is 0.879. The van der Waals surface area contributed by atoms with Crippen molar-refractivity contribution in [2.24, 2.45) is 23.7 Å². The lowest BCUT2D eigenvalue weighted by Crippen LogP contribution is -2.24. The first-order valence-electron chi connectivity index (χ1n) is 15.6. The third kappa shape index (κ3) is 23.7. The predicted octanol–water partition coefficient (Wildman–Crippen LogP) is 8.60. The minimum Gasteiger partial charge on any atom is -0.462 e. The third-order valence-electron chi connectivity index (χ3n) is 7.50. The molecular formula is C33H63NO4. The lowest BCUT2D eigenvalue weighted by molar-refractivity contribution is -0.155. The van der Waals surface area contributed by atoms with Gasteiger partial charge in [0.2, 0.25) is 0 Å². The van der Waals surface area contributed by atoms with Gasteiger partial charge in [-0.15, -0.1) is 0 Å². The minimum atomic E-state index is -0.399. The van der Waals surface area contributed by atoms with Crippen LogP contribution in [0.15, 0.2) is 12.2 Å². The van der Waals surface area contributed by atoms with Crippen molar-refractivity contribution in [1.29, 1.82) is 0 Å². The highest BCUT2D eigenvalue weighted by atomic mass is 16.6. The summed E-state index contributed by atoms with van der Waals surface area (Å²) in [5, 5.41) is 0. The molecule has 0 aliphatic rings. The van der Waals surface area contributed by atoms with Crippen LogP contribution >= 0.6 is 0 Å². The number of rotatable bonds is 24. The molecule has 224 valence electrons. The van der Waals surface area contributed by atoms with Crippen molar-refractivity contribution in [1.82, 2.24) is 4.90 Å². The summed E-state index contributed by atoms with van der Waals surface area (Å²) in [5.74, 6) is 2.51. The topological polar surface area (TPSA) is 55.8 Å². The number of allylic oxidation sites excluding steroid dienone is 1. The van der Waals surface area contributed by atoms with E-state index in [1.54, 1.807) is 6.08 Å². The third-order valence-corrected chi connectivity index (χ3v) is 7.50. The normalized spacial score (nSPS) is 15.1. The maximum absolute atomic E-state index is 12.4. The molecule has 38 heavy (non-hydrogen) atoms. The van der Waals surface area contributed by atoms with E-state index >= 15 is 0 Å². The SMILES string of the molecule is C/C=C\COC(=O)CC(CCC(C)CCCC(C)CCCC(C)CCCC(C)C)OC(=O)CCCN(C)C. The van der Waals surface area contributed by atoms with Gasteiger partial charge in [-0.3, -0.25) is 9.59 Å². The molecule has 0 aromatic heterocycles. The Morgan fingerprint density at radius 3 is 1.74 bits per heavy atom. The molecule has 0 saturated heterocycles. The van der Waals surface area contributed by atoms with Crippen LogP contribution in [0, 0.1) is 23.7 Å². The molecule has 0 fully saturated rings. The summed E-state index contributed by atoms with van der Waals surface area (Å²) < 4.78 is 11.0. The number of esters is 2. The Hall–Kier alpha value is -1.36. The largest absolute Gasteiger partial charge is 0.462 e. The maximum atomic E-state index is 12.4. The Balaban J connectivity index is 4.33. The molecule has 0 saturated carbocycles. The van der Waals surface area contributed by atoms with Crippen LogP contribution in [-0.2, 0) is 19.1 Å². The summed E-state index contributed by atoms with van der Waals surface area (Å²) in [4.78, 5) is 26.7. The molecule has 0 aromatic rings. The lowest BCUT2D eigenvalue weighted by Gasteiger charge is -2.20. The number of carbonyl (C=O) groups is 2. The highest BCUT2D eigenvalue weighted by molar-refractivity contribution is 5.72. The summed E-state index contributed by atoms with van der Waals surface area (Å²) >= 11 is 0. The van der Waals surface area contributed by atoms with Crippen molar-refractivity contribution in [3.63, 3.8) is 0 Å². The van der Waals surface area contributed by atoms with Crippen molar-refractivity contribution >= 4 is 11.9 Å². The zero-order valence-electron chi connectivity index (χ0n) is 26.4. The van der Waals surface area contributed by atoms with E-state index in [1.807, 2.05) is 27.1 Å². The van der Waals surface area contributed by atoms with Crippen molar-refractivity contribution in [2.75, 3.05) is 27.2 Å². The van der Waals surface area contributed by atoms with Gasteiger partial charge in [0.05, 0.1) is 6.42 Å². The van der Waals surface area contributed by atoms with Crippen molar-refractivity contribution in [3.8, 4) is 0 Å². The number of hydrogen-bond donors (Lipinski definition) is 0. The van der Waals surface area contributed by atoms with E-state index in [-0.39, 0.29) is 25.0 Å². The second kappa shape index (κ2) is 23.5. The Morgan fingerprint density at radius 2 is 1.24 bits per heavy atom. The highest BCUT2D eigenvalue weighted by Crippen LogP contribution is 2.24. The molecule has 0 N–H and O–H groups in total. The van der Waals surface area contributed by atoms with Gasteiger partial charge in [-0.1, -0.05) is 105 Å². The molecule has 5 heteroatoms. The summed E-state index contributed by atoms with van der Waals surface area (Å²) in [6, 6.07) is 0. The molecule has 0 bridgehead atoms. The van der Waals surface area contributed by atoms with E-state index in [1.165, 1.54) is 57.8 Å². The van der Waals surface area contributed by atoms with E-state index in [9.17, 15) is 9.59 Å². The van der Waals surface area contributed by atoms with Crippen molar-refractivity contribution < 1.29 is 19.1 Å². The van der Waals surface area contributed by atoms with E-state index in [0.29, 0.717) is 18.8 Å². The van der Waals surface area contributed by atoms with Gasteiger partial charge < -0.3 is 14.4 Å². The lowest BCUT2D eigenvalue weighted by atomic mass is 9.90. The molecule has 0 radical (unpaired) electrons. The highest BCUT2D eigenvalue weighted by Gasteiger charge is 2.20. The van der Waals surface area contributed by atoms with E-state index < -0.39 is 6.10 Å². The van der Waals surface area contributed by atoms with Gasteiger partial charge in [0.1, 0.15) is 12.7 Å². The van der Waals surface area contributed by atoms with Gasteiger partial charge in [-0.25, -0.2) is 0 Å². The first-order valence-corrected chi connectivity index (χ1v) is 15.6. The van der Waals surface area contributed by atoms with Gasteiger partial charge >= 0.3 is 11.9 Å². The second-order valence-corrected chi connectivity index (χ2v) is 12.6. The molecule has 0 rings (SSSR count). The number of carbonyl (C=O) groups excluding carboxylic acids is 2. The monoisotopic (exact) mass is 537 g/mol. The van der Waals surface area contributed by atoms with Crippen molar-refractivity contribution in [2.45, 2.75) is 138 Å². The van der Waals surface area contributed by atoms with Gasteiger partial charge in [-0.05, 0) is 70.5 Å². The molecule has 0 aromatic carbocycles. The van der Waals surface area contributed by atoms with Gasteiger partial charge in [-0.2, -0.15) is 0 Å². The van der Waals surface area contributed by atoms with Crippen LogP contribution in [-0.4, -0.2) is 50.2 Å². The standard InChI is InChI=1S/C33H63NO4/c1-9-10-25-37-33(36)26-31(38-32(35)21-14-24-34(7)8)23-22-30(6)20-13-19-29(5)18-12-17-28(4)16-11-15-27(2)3/h9-10,27-31H,11-26H2,1-8H3/b10-9-. The quantitative estimate of drug-likeness (QED) is 0.0911. The summed E-state index contributed by atoms with van der Waals surface area (Å²) in [6.45, 7) is 14.7. The predicted molar refractivity (Wildman–Crippen MR) is 161 cm³/mol. The maximum Gasteiger partial charge on any atom is 0.309 e. The number of nitrogens with zero attached hydrogens (tertiary/aromatic N) is 1. The molecule has 0 amide bonds. The molecule has 5 nitrogen and oxygen atoms in total. The Morgan fingerprint density at radius 1 is 0.711 bits per heavy atom. The zero-order chi connectivity index (χ0) is 28.8. The number of hydrogen-bond acceptors (Lipinski definition) is 5. The molecule has 4 atom stereocenters. The van der Waals surface area contributed by atoms with E-state index in [4.69, 9.17) is 9.47 Å². The molecule has 0 spiro atoms. The van der Waals surface area contributed by atoms with Crippen LogP contribution < -0.4 is 0 Å². The molecule has 0 heterocycles. The van der Waals surface area contributed by atoms with E-state index in [2.05, 4.69) is 39.5 Å². The summed E-state index contributed by atoms with van der Waals surface area (Å²) in [5.41, 5.74) is 0. The van der Waals surface area contributed by atoms with Gasteiger partial charge in [0.25, 0.3) is 0 Å². The fourth-order valence-corrected chi connectivity index (χ4v) is 4.88. The Bertz CT molecular complexity index is 616. The van der Waals surface area contributed by atoms with Crippen LogP contribution in [0.25, 0.3) is 0 Å². The zero-order valence-corrected chi connectivity index (χ0v) is 26.4. The van der Waals surface area contributed by atoms with Gasteiger partial charge in [0.15, 0.2) is 0 Å². The molecular weight excluding hydrogens is 474 g/mol. The van der Waals surface area contributed by atoms with Crippen molar-refractivity contribution in [3.05, 3.63) is 12.2 Å². The summed E-state index contributed by atoms with van der Waals surface area (Å²) in [6.07, 6.45) is 18.1. The average molecular weight is 538 g/mol. The Kier molecular flexibility index (Phi) is 22.7. The van der Waals surface area contributed by atoms with E-state index in [0.717, 1.165) is 37.1 Å². The molecule has 4 unspecified atom stereocenters. The Labute approximate surface area is 236 Å². The molecule has 0 aliphatic carbocycles. The first kappa shape index (κ1) is 36.6. The summed E-state index contributed by atoms with van der Waals surface area (Å²) in [7, 11) is 3.99. The minimum absolute atomic E-state index is 0.136. The molecule has 0 aliphatic heterocycles. The number of ether oxygens (including phenoxy) is 2. The van der Waals surface area contributed by atoms with Crippen LogP contribution in [0.4, 0.5) is 0 Å². The van der Waals surface area contributed by atoms with Crippen LogP contribution in [0.5, 0.6) is 0 Å². The van der Waals surface area contributed by atoms with Crippen LogP contribution in [0.1, 0.15) is 131 Å². The first-order chi connectivity index (χ1) is 18.0. The van der Waals surface area contributed by atoms with Gasteiger partial charge in [0, 0.05) is 6.42 Å².